The van der Waals surface area contributed by atoms with Crippen molar-refractivity contribution in [3.05, 3.63) is 39.5 Å². The number of methoxy groups -OCH3 is 2. The van der Waals surface area contributed by atoms with Crippen LogP contribution in [0.1, 0.15) is 11.1 Å². The summed E-state index contributed by atoms with van der Waals surface area (Å²) in [6, 6.07) is 3.67. The third kappa shape index (κ3) is 3.10. The molecule has 0 amide bonds. The molecule has 0 aliphatic carbocycles. The Morgan fingerprint density at radius 1 is 1.33 bits per heavy atom. The lowest BCUT2D eigenvalue weighted by molar-refractivity contribution is 0.164. The number of rotatable bonds is 4. The standard InChI is InChI=1S/C13H15BrN4O3/c1-20-9-4-7(5-10(21-2)11(9)14)3-8-6-18(19)13(16)17-12(8)15/h4-6,19H,3H2,1-2H3,(H3,15,16,17). The van der Waals surface area contributed by atoms with Gasteiger partial charge in [-0.3, -0.25) is 5.41 Å². The number of nitrogens with two attached hydrogens (primary N) is 1. The Labute approximate surface area is 129 Å². The van der Waals surface area contributed by atoms with Crippen LogP contribution in [0, 0.1) is 5.41 Å². The molecule has 0 spiro atoms. The zero-order valence-electron chi connectivity index (χ0n) is 11.6. The maximum absolute atomic E-state index is 9.50. The number of ether oxygens (including phenoxy) is 2. The molecule has 0 aliphatic heterocycles. The molecule has 21 heavy (non-hydrogen) atoms. The number of benzene rings is 1. The third-order valence-corrected chi connectivity index (χ3v) is 3.73. The van der Waals surface area contributed by atoms with E-state index in [0.717, 1.165) is 10.0 Å². The van der Waals surface area contributed by atoms with Crippen molar-refractivity contribution < 1.29 is 14.7 Å². The van der Waals surface area contributed by atoms with Gasteiger partial charge < -0.3 is 20.4 Å². The van der Waals surface area contributed by atoms with Crippen LogP contribution in [0.4, 0.5) is 5.82 Å². The second-order valence-electron chi connectivity index (χ2n) is 4.31. The van der Waals surface area contributed by atoms with Crippen LogP contribution < -0.4 is 20.8 Å². The minimum Gasteiger partial charge on any atom is -0.495 e. The number of nitrogens with zero attached hydrogens (tertiary/aromatic N) is 2. The van der Waals surface area contributed by atoms with Gasteiger partial charge in [0, 0.05) is 12.0 Å². The fourth-order valence-electron chi connectivity index (χ4n) is 1.89. The first kappa shape index (κ1) is 15.2. The summed E-state index contributed by atoms with van der Waals surface area (Å²) in [7, 11) is 3.13. The monoisotopic (exact) mass is 354 g/mol. The van der Waals surface area contributed by atoms with Crippen molar-refractivity contribution in [3.8, 4) is 11.5 Å². The average Bonchev–Trinajstić information content (AvgIpc) is 2.46. The fraction of sp³-hybridized carbons (Fsp3) is 0.231. The fourth-order valence-corrected chi connectivity index (χ4v) is 2.45. The average molecular weight is 355 g/mol. The number of anilines is 1. The highest BCUT2D eigenvalue weighted by Gasteiger charge is 2.12. The van der Waals surface area contributed by atoms with Gasteiger partial charge in [0.15, 0.2) is 0 Å². The SMILES string of the molecule is COc1cc(Cc2cn(O)c(=N)nc2N)cc(OC)c1Br. The lowest BCUT2D eigenvalue weighted by Gasteiger charge is -2.12. The van der Waals surface area contributed by atoms with E-state index in [9.17, 15) is 5.21 Å². The zero-order chi connectivity index (χ0) is 15.6. The molecular formula is C13H15BrN4O3. The van der Waals surface area contributed by atoms with E-state index in [2.05, 4.69) is 20.9 Å². The normalized spacial score (nSPS) is 10.4. The van der Waals surface area contributed by atoms with Gasteiger partial charge in [-0.15, -0.1) is 0 Å². The summed E-state index contributed by atoms with van der Waals surface area (Å²) in [6.45, 7) is 0. The summed E-state index contributed by atoms with van der Waals surface area (Å²) in [5, 5.41) is 16.9. The molecule has 0 unspecified atom stereocenters. The Morgan fingerprint density at radius 3 is 2.43 bits per heavy atom. The van der Waals surface area contributed by atoms with E-state index < -0.39 is 0 Å². The van der Waals surface area contributed by atoms with Crippen LogP contribution in [0.3, 0.4) is 0 Å². The van der Waals surface area contributed by atoms with Gasteiger partial charge in [0.1, 0.15) is 21.8 Å². The molecule has 4 N–H and O–H groups in total. The molecule has 1 aromatic carbocycles. The van der Waals surface area contributed by atoms with Crippen molar-refractivity contribution in [1.82, 2.24) is 9.71 Å². The maximum atomic E-state index is 9.50. The molecule has 7 nitrogen and oxygen atoms in total. The van der Waals surface area contributed by atoms with Crippen LogP contribution in [0.25, 0.3) is 0 Å². The van der Waals surface area contributed by atoms with Crippen molar-refractivity contribution >= 4 is 21.7 Å². The van der Waals surface area contributed by atoms with E-state index in [4.69, 9.17) is 20.6 Å². The Morgan fingerprint density at radius 2 is 1.90 bits per heavy atom. The number of nitrogens with one attached hydrogen (secondary N) is 1. The number of halogens is 1. The minimum atomic E-state index is -0.317. The highest BCUT2D eigenvalue weighted by atomic mass is 79.9. The van der Waals surface area contributed by atoms with Crippen molar-refractivity contribution in [2.75, 3.05) is 20.0 Å². The Hall–Kier alpha value is -2.22. The topological polar surface area (TPSA) is 106 Å². The summed E-state index contributed by atoms with van der Waals surface area (Å²) in [5.41, 5.74) is 6.93. The lowest BCUT2D eigenvalue weighted by atomic mass is 10.1. The summed E-state index contributed by atoms with van der Waals surface area (Å²) < 4.78 is 11.9. The molecule has 0 saturated carbocycles. The highest BCUT2D eigenvalue weighted by Crippen LogP contribution is 2.36. The summed E-state index contributed by atoms with van der Waals surface area (Å²) in [5.74, 6) is 1.46. The van der Waals surface area contributed by atoms with Crippen LogP contribution in [0.2, 0.25) is 0 Å². The van der Waals surface area contributed by atoms with Gasteiger partial charge in [-0.05, 0) is 33.6 Å². The smallest absolute Gasteiger partial charge is 0.257 e. The molecular weight excluding hydrogens is 340 g/mol. The number of hydrogen-bond acceptors (Lipinski definition) is 6. The molecule has 2 rings (SSSR count). The Kier molecular flexibility index (Phi) is 4.37. The predicted octanol–water partition coefficient (Wildman–Crippen LogP) is 1.55. The molecule has 0 bridgehead atoms. The van der Waals surface area contributed by atoms with Gasteiger partial charge >= 0.3 is 0 Å². The van der Waals surface area contributed by atoms with Crippen molar-refractivity contribution in [2.24, 2.45) is 0 Å². The zero-order valence-corrected chi connectivity index (χ0v) is 13.1. The van der Waals surface area contributed by atoms with Crippen LogP contribution in [0.5, 0.6) is 11.5 Å². The van der Waals surface area contributed by atoms with E-state index in [0.29, 0.717) is 28.2 Å². The van der Waals surface area contributed by atoms with Crippen LogP contribution in [0.15, 0.2) is 22.8 Å². The van der Waals surface area contributed by atoms with Gasteiger partial charge in [0.25, 0.3) is 5.62 Å². The van der Waals surface area contributed by atoms with Crippen LogP contribution in [-0.4, -0.2) is 29.1 Å². The molecule has 0 aliphatic rings. The van der Waals surface area contributed by atoms with E-state index >= 15 is 0 Å². The van der Waals surface area contributed by atoms with Gasteiger partial charge in [0.05, 0.1) is 20.4 Å². The largest absolute Gasteiger partial charge is 0.495 e. The molecule has 0 saturated heterocycles. The van der Waals surface area contributed by atoms with E-state index in [1.54, 1.807) is 14.2 Å². The van der Waals surface area contributed by atoms with Crippen LogP contribution in [-0.2, 0) is 6.42 Å². The van der Waals surface area contributed by atoms with Gasteiger partial charge in [-0.1, -0.05) is 0 Å². The molecule has 8 heteroatoms. The second-order valence-corrected chi connectivity index (χ2v) is 5.10. The first-order valence-corrected chi connectivity index (χ1v) is 6.77. The molecule has 1 heterocycles. The summed E-state index contributed by atoms with van der Waals surface area (Å²) in [6.07, 6.45) is 1.78. The summed E-state index contributed by atoms with van der Waals surface area (Å²) >= 11 is 3.40. The van der Waals surface area contributed by atoms with E-state index in [1.807, 2.05) is 12.1 Å². The maximum Gasteiger partial charge on any atom is 0.257 e. The molecule has 1 aromatic heterocycles. The van der Waals surface area contributed by atoms with Crippen LogP contribution >= 0.6 is 15.9 Å². The third-order valence-electron chi connectivity index (χ3n) is 2.95. The highest BCUT2D eigenvalue weighted by molar-refractivity contribution is 9.10. The van der Waals surface area contributed by atoms with Crippen molar-refractivity contribution in [3.63, 3.8) is 0 Å². The first-order valence-electron chi connectivity index (χ1n) is 5.98. The minimum absolute atomic E-state index is 0.200. The molecule has 0 atom stereocenters. The summed E-state index contributed by atoms with van der Waals surface area (Å²) in [4.78, 5) is 3.76. The van der Waals surface area contributed by atoms with Gasteiger partial charge in [0.2, 0.25) is 0 Å². The molecule has 2 aromatic rings. The van der Waals surface area contributed by atoms with Gasteiger partial charge in [-0.2, -0.15) is 9.71 Å². The van der Waals surface area contributed by atoms with Crippen molar-refractivity contribution in [2.45, 2.75) is 6.42 Å². The predicted molar refractivity (Wildman–Crippen MR) is 79.7 cm³/mol. The second kappa shape index (κ2) is 6.04. The molecule has 112 valence electrons. The number of aromatic nitrogens is 2. The van der Waals surface area contributed by atoms with Gasteiger partial charge in [-0.25, -0.2) is 0 Å². The van der Waals surface area contributed by atoms with Crippen molar-refractivity contribution in [1.29, 1.82) is 5.41 Å². The lowest BCUT2D eigenvalue weighted by Crippen LogP contribution is -2.23. The Bertz CT molecular complexity index is 705. The van der Waals surface area contributed by atoms with E-state index in [1.165, 1.54) is 6.20 Å². The van der Waals surface area contributed by atoms with E-state index in [-0.39, 0.29) is 11.4 Å². The number of nitrogen functional groups attached to an aromatic ring is 1. The quantitative estimate of drug-likeness (QED) is 0.722. The first-order chi connectivity index (χ1) is 9.96. The molecule has 0 fully saturated rings. The number of hydrogen-bond donors (Lipinski definition) is 3. The molecule has 0 radical (unpaired) electrons. The Balaban J connectivity index is 2.44.